The van der Waals surface area contributed by atoms with Crippen molar-refractivity contribution in [2.45, 2.75) is 39.3 Å². The number of unbranched alkanes of at least 4 members (excludes halogenated alkanes) is 1. The molecule has 1 aromatic heterocycles. The fraction of sp³-hybridized carbons (Fsp3) is 0.194. The van der Waals surface area contributed by atoms with Gasteiger partial charge in [-0.15, -0.1) is 0 Å². The van der Waals surface area contributed by atoms with Gasteiger partial charge in [-0.1, -0.05) is 80.1 Å². The number of rotatable bonds is 8. The van der Waals surface area contributed by atoms with Crippen molar-refractivity contribution in [1.29, 1.82) is 0 Å². The zero-order valence-electron chi connectivity index (χ0n) is 19.9. The topological polar surface area (TPSA) is 53.7 Å². The minimum Gasteiger partial charge on any atom is -0.508 e. The molecule has 0 spiro atoms. The molecule has 0 radical (unpaired) electrons. The number of hydrogen-bond donors (Lipinski definition) is 1. The molecule has 1 amide bonds. The number of fused-ring (bicyclic) bond motifs is 2. The van der Waals surface area contributed by atoms with Gasteiger partial charge in [-0.05, 0) is 52.6 Å². The van der Waals surface area contributed by atoms with E-state index in [-0.39, 0.29) is 11.7 Å². The summed E-state index contributed by atoms with van der Waals surface area (Å²) < 4.78 is 6.17. The SMILES string of the molecule is CCCCc1oc2ccccc2c1C(=O)N(Cc1ccccc1)Cc1ccc2cc(O)ccc2c1. The van der Waals surface area contributed by atoms with Gasteiger partial charge in [0.2, 0.25) is 0 Å². The Bertz CT molecular complexity index is 1470. The monoisotopic (exact) mass is 463 g/mol. The fourth-order valence-corrected chi connectivity index (χ4v) is 4.61. The highest BCUT2D eigenvalue weighted by Crippen LogP contribution is 2.30. The van der Waals surface area contributed by atoms with Crippen molar-refractivity contribution in [2.24, 2.45) is 0 Å². The highest BCUT2D eigenvalue weighted by molar-refractivity contribution is 6.07. The number of phenolic OH excluding ortho intramolecular Hbond substituents is 1. The summed E-state index contributed by atoms with van der Waals surface area (Å²) in [6.07, 6.45) is 2.74. The maximum Gasteiger partial charge on any atom is 0.258 e. The van der Waals surface area contributed by atoms with Gasteiger partial charge in [-0.25, -0.2) is 0 Å². The van der Waals surface area contributed by atoms with Gasteiger partial charge in [0.05, 0.1) is 5.56 Å². The zero-order valence-corrected chi connectivity index (χ0v) is 19.9. The smallest absolute Gasteiger partial charge is 0.258 e. The Morgan fingerprint density at radius 2 is 1.54 bits per heavy atom. The molecule has 1 heterocycles. The molecule has 0 saturated carbocycles. The lowest BCUT2D eigenvalue weighted by atomic mass is 10.0. The quantitative estimate of drug-likeness (QED) is 0.260. The molecular formula is C31H29NO3. The molecule has 0 aliphatic rings. The first-order valence-electron chi connectivity index (χ1n) is 12.2. The van der Waals surface area contributed by atoms with Crippen LogP contribution in [0.15, 0.2) is 95.4 Å². The van der Waals surface area contributed by atoms with Crippen molar-refractivity contribution in [3.63, 3.8) is 0 Å². The summed E-state index contributed by atoms with van der Waals surface area (Å²) in [5.74, 6) is 0.999. The number of carbonyl (C=O) groups excluding carboxylic acids is 1. The Kier molecular flexibility index (Phi) is 6.53. The summed E-state index contributed by atoms with van der Waals surface area (Å²) in [6, 6.07) is 29.4. The second-order valence-electron chi connectivity index (χ2n) is 9.01. The van der Waals surface area contributed by atoms with Crippen LogP contribution in [0.3, 0.4) is 0 Å². The molecule has 4 heteroatoms. The number of aromatic hydroxyl groups is 1. The van der Waals surface area contributed by atoms with E-state index >= 15 is 0 Å². The van der Waals surface area contributed by atoms with E-state index in [1.165, 1.54) is 0 Å². The van der Waals surface area contributed by atoms with E-state index in [0.717, 1.165) is 57.9 Å². The molecule has 0 bridgehead atoms. The summed E-state index contributed by atoms with van der Waals surface area (Å²) in [4.78, 5) is 16.1. The molecule has 4 aromatic carbocycles. The van der Waals surface area contributed by atoms with E-state index in [0.29, 0.717) is 18.7 Å². The van der Waals surface area contributed by atoms with E-state index < -0.39 is 0 Å². The molecule has 5 rings (SSSR count). The Balaban J connectivity index is 1.54. The second-order valence-corrected chi connectivity index (χ2v) is 9.01. The summed E-state index contributed by atoms with van der Waals surface area (Å²) >= 11 is 0. The van der Waals surface area contributed by atoms with Crippen LogP contribution < -0.4 is 0 Å². The van der Waals surface area contributed by atoms with Crippen molar-refractivity contribution in [1.82, 2.24) is 4.90 Å². The lowest BCUT2D eigenvalue weighted by molar-refractivity contribution is 0.0729. The highest BCUT2D eigenvalue weighted by Gasteiger charge is 2.25. The Morgan fingerprint density at radius 1 is 0.829 bits per heavy atom. The number of furan rings is 1. The Labute approximate surface area is 205 Å². The molecule has 0 unspecified atom stereocenters. The highest BCUT2D eigenvalue weighted by atomic mass is 16.3. The number of aryl methyl sites for hydroxylation is 1. The maximum atomic E-state index is 14.2. The van der Waals surface area contributed by atoms with Crippen LogP contribution in [-0.2, 0) is 19.5 Å². The standard InChI is InChI=1S/C31H29NO3/c1-2-3-12-29-30(27-11-7-8-13-28(27)35-29)31(34)32(20-22-9-5-4-6-10-22)21-23-14-15-25-19-26(33)17-16-24(25)18-23/h4-11,13-19,33H,2-3,12,20-21H2,1H3. The van der Waals surface area contributed by atoms with Crippen molar-refractivity contribution in [2.75, 3.05) is 0 Å². The molecule has 0 saturated heterocycles. The molecule has 4 nitrogen and oxygen atoms in total. The Hall–Kier alpha value is -4.05. The summed E-state index contributed by atoms with van der Waals surface area (Å²) in [5, 5.41) is 12.7. The van der Waals surface area contributed by atoms with Gasteiger partial charge in [0.25, 0.3) is 5.91 Å². The van der Waals surface area contributed by atoms with Crippen LogP contribution in [0.1, 0.15) is 47.0 Å². The molecule has 5 aromatic rings. The van der Waals surface area contributed by atoms with E-state index in [1.54, 1.807) is 12.1 Å². The van der Waals surface area contributed by atoms with E-state index in [2.05, 4.69) is 25.1 Å². The molecule has 35 heavy (non-hydrogen) atoms. The van der Waals surface area contributed by atoms with Gasteiger partial charge in [0.1, 0.15) is 17.1 Å². The molecule has 0 aliphatic carbocycles. The molecule has 176 valence electrons. The molecular weight excluding hydrogens is 434 g/mol. The number of amides is 1. The van der Waals surface area contributed by atoms with Crippen LogP contribution in [0.4, 0.5) is 0 Å². The van der Waals surface area contributed by atoms with Crippen molar-refractivity contribution in [3.8, 4) is 5.75 Å². The molecule has 0 aliphatic heterocycles. The summed E-state index contributed by atoms with van der Waals surface area (Å²) in [6.45, 7) is 3.11. The molecule has 1 N–H and O–H groups in total. The fourth-order valence-electron chi connectivity index (χ4n) is 4.61. The van der Waals surface area contributed by atoms with Gasteiger partial charge in [-0.2, -0.15) is 0 Å². The van der Waals surface area contributed by atoms with E-state index in [9.17, 15) is 9.90 Å². The predicted octanol–water partition coefficient (Wildman–Crippen LogP) is 7.48. The number of para-hydroxylation sites is 1. The number of benzene rings is 4. The van der Waals surface area contributed by atoms with Crippen LogP contribution in [0.2, 0.25) is 0 Å². The first-order valence-corrected chi connectivity index (χ1v) is 12.2. The average molecular weight is 464 g/mol. The lowest BCUT2D eigenvalue weighted by Crippen LogP contribution is -2.30. The van der Waals surface area contributed by atoms with Crippen LogP contribution in [0.5, 0.6) is 5.75 Å². The molecule has 0 fully saturated rings. The number of nitrogens with zero attached hydrogens (tertiary/aromatic N) is 1. The van der Waals surface area contributed by atoms with Gasteiger partial charge in [0, 0.05) is 24.9 Å². The third-order valence-corrected chi connectivity index (χ3v) is 6.40. The average Bonchev–Trinajstić information content (AvgIpc) is 3.25. The minimum atomic E-state index is -0.0179. The maximum absolute atomic E-state index is 14.2. The van der Waals surface area contributed by atoms with E-state index in [4.69, 9.17) is 4.42 Å². The van der Waals surface area contributed by atoms with Crippen LogP contribution in [0.25, 0.3) is 21.7 Å². The van der Waals surface area contributed by atoms with E-state index in [1.807, 2.05) is 65.6 Å². The normalized spacial score (nSPS) is 11.2. The number of hydrogen-bond acceptors (Lipinski definition) is 3. The van der Waals surface area contributed by atoms with Gasteiger partial charge in [-0.3, -0.25) is 4.79 Å². The number of carbonyl (C=O) groups is 1. The summed E-state index contributed by atoms with van der Waals surface area (Å²) in [7, 11) is 0. The first kappa shape index (κ1) is 22.7. The van der Waals surface area contributed by atoms with Gasteiger partial charge < -0.3 is 14.4 Å². The third kappa shape index (κ3) is 4.92. The van der Waals surface area contributed by atoms with Crippen molar-refractivity contribution in [3.05, 3.63) is 113 Å². The first-order chi connectivity index (χ1) is 17.1. The predicted molar refractivity (Wildman–Crippen MR) is 140 cm³/mol. The molecule has 0 atom stereocenters. The van der Waals surface area contributed by atoms with Gasteiger partial charge >= 0.3 is 0 Å². The summed E-state index contributed by atoms with van der Waals surface area (Å²) in [5.41, 5.74) is 3.55. The Morgan fingerprint density at radius 3 is 2.37 bits per heavy atom. The second kappa shape index (κ2) is 10.1. The lowest BCUT2D eigenvalue weighted by Gasteiger charge is -2.24. The zero-order chi connectivity index (χ0) is 24.2. The van der Waals surface area contributed by atoms with Crippen molar-refractivity contribution < 1.29 is 14.3 Å². The van der Waals surface area contributed by atoms with Crippen LogP contribution >= 0.6 is 0 Å². The number of phenols is 1. The van der Waals surface area contributed by atoms with Crippen LogP contribution in [-0.4, -0.2) is 15.9 Å². The minimum absolute atomic E-state index is 0.0179. The van der Waals surface area contributed by atoms with Crippen LogP contribution in [0, 0.1) is 0 Å². The van der Waals surface area contributed by atoms with Crippen molar-refractivity contribution >= 4 is 27.6 Å². The third-order valence-electron chi connectivity index (χ3n) is 6.40. The largest absolute Gasteiger partial charge is 0.508 e. The van der Waals surface area contributed by atoms with Gasteiger partial charge in [0.15, 0.2) is 0 Å².